The SMILES string of the molecule is CCC(NC(C)=O)c1ccncc1. The summed E-state index contributed by atoms with van der Waals surface area (Å²) in [6, 6.07) is 3.95. The second-order valence-electron chi connectivity index (χ2n) is 2.94. The van der Waals surface area contributed by atoms with E-state index in [0.29, 0.717) is 0 Å². The number of hydrogen-bond donors (Lipinski definition) is 1. The Hall–Kier alpha value is -1.38. The number of aromatic nitrogens is 1. The molecule has 1 atom stereocenters. The second-order valence-corrected chi connectivity index (χ2v) is 2.94. The van der Waals surface area contributed by atoms with E-state index in [1.165, 1.54) is 6.92 Å². The molecule has 1 unspecified atom stereocenters. The van der Waals surface area contributed by atoms with Crippen LogP contribution in [0.2, 0.25) is 0 Å². The van der Waals surface area contributed by atoms with Gasteiger partial charge in [0.25, 0.3) is 0 Å². The van der Waals surface area contributed by atoms with Gasteiger partial charge in [-0.2, -0.15) is 0 Å². The van der Waals surface area contributed by atoms with Gasteiger partial charge in [0.05, 0.1) is 6.04 Å². The summed E-state index contributed by atoms with van der Waals surface area (Å²) in [5.74, 6) is 0.00339. The highest BCUT2D eigenvalue weighted by atomic mass is 16.1. The molecule has 1 aromatic heterocycles. The van der Waals surface area contributed by atoms with Gasteiger partial charge in [-0.3, -0.25) is 9.78 Å². The first-order valence-corrected chi connectivity index (χ1v) is 4.41. The molecule has 0 bridgehead atoms. The third-order valence-corrected chi connectivity index (χ3v) is 1.89. The largest absolute Gasteiger partial charge is 0.350 e. The van der Waals surface area contributed by atoms with Gasteiger partial charge in [0, 0.05) is 19.3 Å². The number of carbonyl (C=O) groups excluding carboxylic acids is 1. The maximum absolute atomic E-state index is 10.9. The molecular weight excluding hydrogens is 164 g/mol. The fraction of sp³-hybridized carbons (Fsp3) is 0.400. The smallest absolute Gasteiger partial charge is 0.217 e. The first-order chi connectivity index (χ1) is 6.24. The molecule has 0 fully saturated rings. The lowest BCUT2D eigenvalue weighted by Crippen LogP contribution is -2.25. The summed E-state index contributed by atoms with van der Waals surface area (Å²) in [6.07, 6.45) is 4.36. The molecular formula is C10H14N2O. The lowest BCUT2D eigenvalue weighted by Gasteiger charge is -2.15. The van der Waals surface area contributed by atoms with Gasteiger partial charge in [-0.25, -0.2) is 0 Å². The van der Waals surface area contributed by atoms with E-state index < -0.39 is 0 Å². The number of carbonyl (C=O) groups is 1. The van der Waals surface area contributed by atoms with Crippen LogP contribution in [0.5, 0.6) is 0 Å². The summed E-state index contributed by atoms with van der Waals surface area (Å²) in [6.45, 7) is 3.57. The van der Waals surface area contributed by atoms with Gasteiger partial charge in [-0.15, -0.1) is 0 Å². The van der Waals surface area contributed by atoms with Crippen LogP contribution in [0.4, 0.5) is 0 Å². The van der Waals surface area contributed by atoms with Crippen LogP contribution in [-0.4, -0.2) is 10.9 Å². The number of rotatable bonds is 3. The molecule has 0 radical (unpaired) electrons. The minimum Gasteiger partial charge on any atom is -0.350 e. The highest BCUT2D eigenvalue weighted by Gasteiger charge is 2.08. The van der Waals surface area contributed by atoms with Crippen molar-refractivity contribution in [3.8, 4) is 0 Å². The highest BCUT2D eigenvalue weighted by Crippen LogP contribution is 2.14. The summed E-state index contributed by atoms with van der Waals surface area (Å²) in [4.78, 5) is 14.8. The number of nitrogens with zero attached hydrogens (tertiary/aromatic N) is 1. The molecule has 1 aromatic rings. The molecule has 1 heterocycles. The van der Waals surface area contributed by atoms with Crippen LogP contribution in [0, 0.1) is 0 Å². The Bertz CT molecular complexity index is 272. The van der Waals surface area contributed by atoms with Gasteiger partial charge in [-0.05, 0) is 24.1 Å². The van der Waals surface area contributed by atoms with Crippen LogP contribution in [0.15, 0.2) is 24.5 Å². The van der Waals surface area contributed by atoms with Gasteiger partial charge < -0.3 is 5.32 Å². The van der Waals surface area contributed by atoms with Gasteiger partial charge in [0.1, 0.15) is 0 Å². The summed E-state index contributed by atoms with van der Waals surface area (Å²) in [5, 5.41) is 2.88. The van der Waals surface area contributed by atoms with Crippen LogP contribution >= 0.6 is 0 Å². The molecule has 0 saturated heterocycles. The van der Waals surface area contributed by atoms with Crippen LogP contribution in [-0.2, 0) is 4.79 Å². The second kappa shape index (κ2) is 4.60. The lowest BCUT2D eigenvalue weighted by atomic mass is 10.1. The standard InChI is InChI=1S/C10H14N2O/c1-3-10(12-8(2)13)9-4-6-11-7-5-9/h4-7,10H,3H2,1-2H3,(H,12,13). The van der Waals surface area contributed by atoms with E-state index in [1.54, 1.807) is 12.4 Å². The highest BCUT2D eigenvalue weighted by molar-refractivity contribution is 5.73. The average Bonchev–Trinajstić information content (AvgIpc) is 2.15. The van der Waals surface area contributed by atoms with E-state index in [4.69, 9.17) is 0 Å². The number of pyridine rings is 1. The van der Waals surface area contributed by atoms with Crippen molar-refractivity contribution in [2.45, 2.75) is 26.3 Å². The first-order valence-electron chi connectivity index (χ1n) is 4.41. The molecule has 13 heavy (non-hydrogen) atoms. The van der Waals surface area contributed by atoms with Gasteiger partial charge in [-0.1, -0.05) is 6.92 Å². The maximum atomic E-state index is 10.9. The van der Waals surface area contributed by atoms with E-state index in [9.17, 15) is 4.79 Å². The monoisotopic (exact) mass is 178 g/mol. The van der Waals surface area contributed by atoms with Gasteiger partial charge in [0.15, 0.2) is 0 Å². The Balaban J connectivity index is 2.73. The first kappa shape index (κ1) is 9.71. The molecule has 1 rings (SSSR count). The molecule has 0 aromatic carbocycles. The zero-order valence-corrected chi connectivity index (χ0v) is 7.95. The minimum absolute atomic E-state index is 0.00339. The zero-order chi connectivity index (χ0) is 9.68. The van der Waals surface area contributed by atoms with Gasteiger partial charge in [0.2, 0.25) is 5.91 Å². The van der Waals surface area contributed by atoms with E-state index >= 15 is 0 Å². The molecule has 3 heteroatoms. The molecule has 0 aliphatic carbocycles. The lowest BCUT2D eigenvalue weighted by molar-refractivity contribution is -0.119. The minimum atomic E-state index is 0.00339. The average molecular weight is 178 g/mol. The molecule has 3 nitrogen and oxygen atoms in total. The molecule has 1 N–H and O–H groups in total. The van der Waals surface area contributed by atoms with Crippen LogP contribution in [0.1, 0.15) is 31.9 Å². The number of nitrogens with one attached hydrogen (secondary N) is 1. The third-order valence-electron chi connectivity index (χ3n) is 1.89. The normalized spacial score (nSPS) is 12.2. The van der Waals surface area contributed by atoms with Crippen molar-refractivity contribution in [1.82, 2.24) is 10.3 Å². The van der Waals surface area contributed by atoms with E-state index in [2.05, 4.69) is 10.3 Å². The van der Waals surface area contributed by atoms with Crippen LogP contribution in [0.3, 0.4) is 0 Å². The fourth-order valence-corrected chi connectivity index (χ4v) is 1.26. The van der Waals surface area contributed by atoms with Gasteiger partial charge >= 0.3 is 0 Å². The van der Waals surface area contributed by atoms with Crippen molar-refractivity contribution in [3.05, 3.63) is 30.1 Å². The summed E-state index contributed by atoms with van der Waals surface area (Å²) >= 11 is 0. The number of amides is 1. The predicted octanol–water partition coefficient (Wildman–Crippen LogP) is 1.67. The summed E-state index contributed by atoms with van der Waals surface area (Å²) in [7, 11) is 0. The quantitative estimate of drug-likeness (QED) is 0.765. The Morgan fingerprint density at radius 3 is 2.62 bits per heavy atom. The Morgan fingerprint density at radius 2 is 2.15 bits per heavy atom. The topological polar surface area (TPSA) is 42.0 Å². The van der Waals surface area contributed by atoms with E-state index in [0.717, 1.165) is 12.0 Å². The van der Waals surface area contributed by atoms with Crippen molar-refractivity contribution in [2.75, 3.05) is 0 Å². The molecule has 1 amide bonds. The number of hydrogen-bond acceptors (Lipinski definition) is 2. The van der Waals surface area contributed by atoms with Crippen molar-refractivity contribution in [2.24, 2.45) is 0 Å². The molecule has 0 spiro atoms. The van der Waals surface area contributed by atoms with Crippen molar-refractivity contribution in [1.29, 1.82) is 0 Å². The molecule has 0 aliphatic rings. The van der Waals surface area contributed by atoms with Crippen molar-refractivity contribution in [3.63, 3.8) is 0 Å². The van der Waals surface area contributed by atoms with Crippen molar-refractivity contribution >= 4 is 5.91 Å². The summed E-state index contributed by atoms with van der Waals surface area (Å²) in [5.41, 5.74) is 1.10. The zero-order valence-electron chi connectivity index (χ0n) is 7.95. The Morgan fingerprint density at radius 1 is 1.54 bits per heavy atom. The van der Waals surface area contributed by atoms with Crippen molar-refractivity contribution < 1.29 is 4.79 Å². The van der Waals surface area contributed by atoms with E-state index in [-0.39, 0.29) is 11.9 Å². The van der Waals surface area contributed by atoms with E-state index in [1.807, 2.05) is 19.1 Å². The molecule has 0 aliphatic heterocycles. The predicted molar refractivity (Wildman–Crippen MR) is 51.1 cm³/mol. The molecule has 70 valence electrons. The van der Waals surface area contributed by atoms with Crippen LogP contribution in [0.25, 0.3) is 0 Å². The maximum Gasteiger partial charge on any atom is 0.217 e. The Kier molecular flexibility index (Phi) is 3.43. The Labute approximate surface area is 78.2 Å². The van der Waals surface area contributed by atoms with Crippen LogP contribution < -0.4 is 5.32 Å². The summed E-state index contributed by atoms with van der Waals surface area (Å²) < 4.78 is 0. The third kappa shape index (κ3) is 2.86. The fourth-order valence-electron chi connectivity index (χ4n) is 1.26. The molecule has 0 saturated carbocycles.